The third-order valence-corrected chi connectivity index (χ3v) is 4.32. The average Bonchev–Trinajstić information content (AvgIpc) is 2.66. The number of hydrazone groups is 1. The number of nitrogens with zero attached hydrogens (tertiary/aromatic N) is 1. The molecular formula is C20H21Cl2N3O4. The van der Waals surface area contributed by atoms with Gasteiger partial charge in [0.05, 0.1) is 35.2 Å². The molecule has 0 fully saturated rings. The maximum Gasteiger partial charge on any atom is 0.249 e. The Hall–Kier alpha value is -2.77. The Balaban J connectivity index is 1.90. The van der Waals surface area contributed by atoms with E-state index in [1.807, 2.05) is 13.8 Å². The van der Waals surface area contributed by atoms with E-state index in [9.17, 15) is 9.59 Å². The molecule has 2 aromatic rings. The van der Waals surface area contributed by atoms with Gasteiger partial charge >= 0.3 is 0 Å². The van der Waals surface area contributed by atoms with Crippen molar-refractivity contribution in [1.29, 1.82) is 0 Å². The third-order valence-electron chi connectivity index (χ3n) is 3.50. The van der Waals surface area contributed by atoms with Crippen molar-refractivity contribution in [3.8, 4) is 11.5 Å². The van der Waals surface area contributed by atoms with E-state index in [2.05, 4.69) is 15.8 Å². The van der Waals surface area contributed by atoms with Crippen molar-refractivity contribution in [3.63, 3.8) is 0 Å². The second kappa shape index (κ2) is 10.7. The number of hydrogen-bond donors (Lipinski definition) is 2. The van der Waals surface area contributed by atoms with Crippen LogP contribution in [0.3, 0.4) is 0 Å². The van der Waals surface area contributed by atoms with Gasteiger partial charge in [0.15, 0.2) is 11.5 Å². The summed E-state index contributed by atoms with van der Waals surface area (Å²) < 4.78 is 10.9. The molecule has 0 saturated carbocycles. The summed E-state index contributed by atoms with van der Waals surface area (Å²) in [6, 6.07) is 10.1. The first kappa shape index (κ1) is 22.5. The van der Waals surface area contributed by atoms with E-state index in [0.717, 1.165) is 0 Å². The van der Waals surface area contributed by atoms with Crippen LogP contribution in [-0.2, 0) is 9.59 Å². The maximum atomic E-state index is 12.0. The topological polar surface area (TPSA) is 89.0 Å². The molecule has 9 heteroatoms. The summed E-state index contributed by atoms with van der Waals surface area (Å²) in [7, 11) is 1.54. The lowest BCUT2D eigenvalue weighted by Crippen LogP contribution is -2.24. The van der Waals surface area contributed by atoms with Gasteiger partial charge in [-0.1, -0.05) is 29.3 Å². The molecule has 0 saturated heterocycles. The molecule has 7 nitrogen and oxygen atoms in total. The first-order chi connectivity index (χ1) is 13.8. The number of hydrogen-bond acceptors (Lipinski definition) is 5. The van der Waals surface area contributed by atoms with E-state index in [1.165, 1.54) is 13.3 Å². The molecule has 0 aromatic heterocycles. The predicted molar refractivity (Wildman–Crippen MR) is 114 cm³/mol. The Bertz CT molecular complexity index is 917. The first-order valence-electron chi connectivity index (χ1n) is 8.70. The lowest BCUT2D eigenvalue weighted by molar-refractivity contribution is -0.126. The molecule has 0 atom stereocenters. The summed E-state index contributed by atoms with van der Waals surface area (Å²) >= 11 is 11.9. The normalized spacial score (nSPS) is 10.8. The molecule has 29 heavy (non-hydrogen) atoms. The predicted octanol–water partition coefficient (Wildman–Crippen LogP) is 4.27. The maximum absolute atomic E-state index is 12.0. The highest BCUT2D eigenvalue weighted by atomic mass is 35.5. The Kier molecular flexibility index (Phi) is 8.30. The van der Waals surface area contributed by atoms with E-state index in [-0.39, 0.29) is 11.1 Å². The van der Waals surface area contributed by atoms with Crippen LogP contribution >= 0.6 is 23.2 Å². The highest BCUT2D eigenvalue weighted by molar-refractivity contribution is 6.44. The first-order valence-corrected chi connectivity index (χ1v) is 9.46. The fourth-order valence-electron chi connectivity index (χ4n) is 2.27. The van der Waals surface area contributed by atoms with Crippen molar-refractivity contribution in [2.75, 3.05) is 12.4 Å². The fourth-order valence-corrected chi connectivity index (χ4v) is 2.62. The molecule has 0 spiro atoms. The molecule has 0 unspecified atom stereocenters. The van der Waals surface area contributed by atoms with Crippen LogP contribution in [0, 0.1) is 0 Å². The van der Waals surface area contributed by atoms with E-state index in [4.69, 9.17) is 32.7 Å². The van der Waals surface area contributed by atoms with Gasteiger partial charge in [0, 0.05) is 0 Å². The van der Waals surface area contributed by atoms with E-state index >= 15 is 0 Å². The Morgan fingerprint density at radius 2 is 1.90 bits per heavy atom. The van der Waals surface area contributed by atoms with Gasteiger partial charge in [-0.2, -0.15) is 5.10 Å². The zero-order valence-electron chi connectivity index (χ0n) is 16.2. The third kappa shape index (κ3) is 6.96. The number of halogens is 2. The number of carbonyl (C=O) groups is 2. The van der Waals surface area contributed by atoms with Crippen molar-refractivity contribution in [3.05, 3.63) is 52.0 Å². The van der Waals surface area contributed by atoms with Crippen LogP contribution in [0.4, 0.5) is 5.69 Å². The molecule has 2 N–H and O–H groups in total. The molecule has 0 aliphatic heterocycles. The molecule has 0 aliphatic rings. The van der Waals surface area contributed by atoms with Gasteiger partial charge in [0.1, 0.15) is 6.42 Å². The Morgan fingerprint density at radius 3 is 2.59 bits per heavy atom. The number of ether oxygens (including phenoxy) is 2. The Morgan fingerprint density at radius 1 is 1.14 bits per heavy atom. The van der Waals surface area contributed by atoms with Gasteiger partial charge in [-0.25, -0.2) is 5.43 Å². The van der Waals surface area contributed by atoms with Crippen LogP contribution in [0.25, 0.3) is 0 Å². The lowest BCUT2D eigenvalue weighted by atomic mass is 10.2. The van der Waals surface area contributed by atoms with Crippen LogP contribution in [-0.4, -0.2) is 31.2 Å². The van der Waals surface area contributed by atoms with Crippen LogP contribution in [0.1, 0.15) is 25.8 Å². The molecule has 0 radical (unpaired) electrons. The van der Waals surface area contributed by atoms with Gasteiger partial charge in [0.2, 0.25) is 11.8 Å². The van der Waals surface area contributed by atoms with E-state index < -0.39 is 18.2 Å². The second-order valence-electron chi connectivity index (χ2n) is 6.20. The van der Waals surface area contributed by atoms with Gasteiger partial charge in [-0.15, -0.1) is 0 Å². The number of benzene rings is 2. The molecule has 0 aliphatic carbocycles. The van der Waals surface area contributed by atoms with E-state index in [0.29, 0.717) is 27.8 Å². The minimum absolute atomic E-state index is 0.00986. The zero-order chi connectivity index (χ0) is 21.4. The largest absolute Gasteiger partial charge is 0.493 e. The van der Waals surface area contributed by atoms with Crippen molar-refractivity contribution < 1.29 is 19.1 Å². The lowest BCUT2D eigenvalue weighted by Gasteiger charge is -2.13. The Labute approximate surface area is 179 Å². The molecule has 0 bridgehead atoms. The van der Waals surface area contributed by atoms with Crippen molar-refractivity contribution in [2.45, 2.75) is 26.4 Å². The second-order valence-corrected chi connectivity index (χ2v) is 6.98. The molecule has 2 amide bonds. The summed E-state index contributed by atoms with van der Waals surface area (Å²) in [6.07, 6.45) is 1.02. The fraction of sp³-hybridized carbons (Fsp3) is 0.250. The van der Waals surface area contributed by atoms with Gasteiger partial charge in [-0.3, -0.25) is 9.59 Å². The number of nitrogens with one attached hydrogen (secondary N) is 2. The molecule has 2 aromatic carbocycles. The van der Waals surface area contributed by atoms with Gasteiger partial charge in [0.25, 0.3) is 0 Å². The SMILES string of the molecule is COc1cc(C=NNC(=O)CC(=O)Nc2cccc(Cl)c2Cl)ccc1OC(C)C. The number of rotatable bonds is 8. The highest BCUT2D eigenvalue weighted by Gasteiger charge is 2.12. The average molecular weight is 438 g/mol. The smallest absolute Gasteiger partial charge is 0.249 e. The molecule has 154 valence electrons. The summed E-state index contributed by atoms with van der Waals surface area (Å²) in [5.41, 5.74) is 3.31. The highest BCUT2D eigenvalue weighted by Crippen LogP contribution is 2.30. The van der Waals surface area contributed by atoms with Crippen molar-refractivity contribution in [2.24, 2.45) is 5.10 Å². The van der Waals surface area contributed by atoms with Crippen LogP contribution in [0.2, 0.25) is 10.0 Å². The monoisotopic (exact) mass is 437 g/mol. The van der Waals surface area contributed by atoms with Gasteiger partial charge in [-0.05, 0) is 49.7 Å². The zero-order valence-corrected chi connectivity index (χ0v) is 17.7. The van der Waals surface area contributed by atoms with E-state index in [1.54, 1.807) is 36.4 Å². The summed E-state index contributed by atoms with van der Waals surface area (Å²) in [5, 5.41) is 6.89. The van der Waals surface area contributed by atoms with Gasteiger partial charge < -0.3 is 14.8 Å². The van der Waals surface area contributed by atoms with Crippen molar-refractivity contribution in [1.82, 2.24) is 5.43 Å². The summed E-state index contributed by atoms with van der Waals surface area (Å²) in [6.45, 7) is 3.83. The van der Waals surface area contributed by atoms with Crippen LogP contribution in [0.5, 0.6) is 11.5 Å². The number of amides is 2. The number of methoxy groups -OCH3 is 1. The minimum atomic E-state index is -0.580. The van der Waals surface area contributed by atoms with Crippen molar-refractivity contribution >= 4 is 46.9 Å². The van der Waals surface area contributed by atoms with Crippen LogP contribution in [0.15, 0.2) is 41.5 Å². The number of carbonyl (C=O) groups excluding carboxylic acids is 2. The molecule has 2 rings (SSSR count). The minimum Gasteiger partial charge on any atom is -0.493 e. The van der Waals surface area contributed by atoms with Crippen LogP contribution < -0.4 is 20.2 Å². The molecule has 0 heterocycles. The molecular weight excluding hydrogens is 417 g/mol. The summed E-state index contributed by atoms with van der Waals surface area (Å²) in [4.78, 5) is 23.9. The standard InChI is InChI=1S/C20H21Cl2N3O4/c1-12(2)29-16-8-7-13(9-17(16)28-3)11-23-25-19(27)10-18(26)24-15-6-4-5-14(21)20(15)22/h4-9,11-12H,10H2,1-3H3,(H,24,26)(H,25,27). The quantitative estimate of drug-likeness (QED) is 0.366. The summed E-state index contributed by atoms with van der Waals surface area (Å²) in [5.74, 6) is 0.0362. The number of anilines is 1.